The summed E-state index contributed by atoms with van der Waals surface area (Å²) in [6.45, 7) is 0.480. The highest BCUT2D eigenvalue weighted by atomic mass is 35.5. The molecular formula is C19H19ClF3N5O2. The van der Waals surface area contributed by atoms with Crippen LogP contribution in [0.25, 0.3) is 0 Å². The van der Waals surface area contributed by atoms with E-state index >= 15 is 0 Å². The molecule has 3 N–H and O–H groups in total. The quantitative estimate of drug-likeness (QED) is 0.711. The number of hydrogen-bond acceptors (Lipinski definition) is 6. The summed E-state index contributed by atoms with van der Waals surface area (Å²) in [4.78, 5) is 17.9. The molecule has 0 unspecified atom stereocenters. The Morgan fingerprint density at radius 3 is 2.83 bits per heavy atom. The standard InChI is InChI=1S/C19H19ClF3N5O2/c1-30-17(24)12-10-28(15-9-26-27-18(29)16(15)20)7-6-14(12)25-8-11-4-2-3-5-13(11)19(21,22)23/h2-5,9H,6-8,10,24H2,1H3,(H,27,29). The SMILES string of the molecule is COC(N)=C1CN(c2cn[nH]c(=O)c2Cl)CCC1=NCc1ccccc1C(F)(F)F. The van der Waals surface area contributed by atoms with E-state index in [9.17, 15) is 18.0 Å². The number of aromatic amines is 1. The smallest absolute Gasteiger partial charge is 0.416 e. The molecule has 1 aromatic carbocycles. The largest absolute Gasteiger partial charge is 0.482 e. The second kappa shape index (κ2) is 8.78. The fourth-order valence-electron chi connectivity index (χ4n) is 3.19. The van der Waals surface area contributed by atoms with Crippen LogP contribution in [0, 0.1) is 0 Å². The van der Waals surface area contributed by atoms with Crippen LogP contribution in [0.15, 0.2) is 51.7 Å². The molecule has 1 aromatic heterocycles. The molecule has 11 heteroatoms. The molecule has 2 aromatic rings. The molecule has 0 amide bonds. The molecule has 0 spiro atoms. The minimum absolute atomic E-state index is 0.0140. The fraction of sp³-hybridized carbons (Fsp3) is 0.316. The number of nitrogens with two attached hydrogens (primary N) is 1. The topological polar surface area (TPSA) is 96.6 Å². The third kappa shape index (κ3) is 4.59. The van der Waals surface area contributed by atoms with E-state index in [1.165, 1.54) is 31.5 Å². The Hall–Kier alpha value is -3.01. The van der Waals surface area contributed by atoms with Crippen LogP contribution in [0.5, 0.6) is 0 Å². The summed E-state index contributed by atoms with van der Waals surface area (Å²) in [5.74, 6) is 0.0940. The fourth-order valence-corrected chi connectivity index (χ4v) is 3.40. The van der Waals surface area contributed by atoms with E-state index < -0.39 is 17.3 Å². The molecule has 1 saturated heterocycles. The second-order valence-corrected chi connectivity index (χ2v) is 6.91. The summed E-state index contributed by atoms with van der Waals surface area (Å²) in [5, 5.41) is 5.99. The number of piperidine rings is 1. The average molecular weight is 442 g/mol. The maximum absolute atomic E-state index is 13.2. The first-order valence-corrected chi connectivity index (χ1v) is 9.29. The van der Waals surface area contributed by atoms with Crippen LogP contribution in [0.4, 0.5) is 18.9 Å². The van der Waals surface area contributed by atoms with Crippen LogP contribution in [-0.2, 0) is 17.5 Å². The highest BCUT2D eigenvalue weighted by Crippen LogP contribution is 2.32. The summed E-state index contributed by atoms with van der Waals surface area (Å²) in [6.07, 6.45) is -2.67. The Labute approximate surface area is 175 Å². The zero-order valence-corrected chi connectivity index (χ0v) is 16.7. The number of aliphatic imine (C=N–C) groups is 1. The van der Waals surface area contributed by atoms with E-state index in [4.69, 9.17) is 22.1 Å². The Morgan fingerprint density at radius 2 is 2.13 bits per heavy atom. The van der Waals surface area contributed by atoms with Crippen molar-refractivity contribution in [2.45, 2.75) is 19.1 Å². The molecule has 0 saturated carbocycles. The van der Waals surface area contributed by atoms with Crippen molar-refractivity contribution in [3.8, 4) is 0 Å². The first-order chi connectivity index (χ1) is 14.2. The van der Waals surface area contributed by atoms with Gasteiger partial charge in [-0.25, -0.2) is 5.10 Å². The molecule has 1 fully saturated rings. The normalized spacial score (nSPS) is 17.9. The molecule has 1 aliphatic rings. The van der Waals surface area contributed by atoms with Crippen molar-refractivity contribution < 1.29 is 17.9 Å². The van der Waals surface area contributed by atoms with Crippen LogP contribution >= 0.6 is 11.6 Å². The van der Waals surface area contributed by atoms with Crippen LogP contribution in [0.3, 0.4) is 0 Å². The van der Waals surface area contributed by atoms with Gasteiger partial charge in [-0.2, -0.15) is 18.3 Å². The molecule has 0 aliphatic carbocycles. The number of hydrogen-bond donors (Lipinski definition) is 2. The van der Waals surface area contributed by atoms with E-state index in [-0.39, 0.29) is 29.6 Å². The van der Waals surface area contributed by atoms with Crippen LogP contribution < -0.4 is 16.2 Å². The molecule has 30 heavy (non-hydrogen) atoms. The number of nitrogens with zero attached hydrogens (tertiary/aromatic N) is 3. The van der Waals surface area contributed by atoms with Crippen molar-refractivity contribution in [1.82, 2.24) is 10.2 Å². The van der Waals surface area contributed by atoms with Gasteiger partial charge in [0.15, 0.2) is 5.88 Å². The third-order valence-electron chi connectivity index (χ3n) is 4.71. The number of ether oxygens (including phenoxy) is 1. The summed E-state index contributed by atoms with van der Waals surface area (Å²) < 4.78 is 44.8. The summed E-state index contributed by atoms with van der Waals surface area (Å²) in [5.41, 5.74) is 6.26. The number of anilines is 1. The van der Waals surface area contributed by atoms with Gasteiger partial charge in [0.25, 0.3) is 5.56 Å². The van der Waals surface area contributed by atoms with Crippen molar-refractivity contribution in [3.05, 3.63) is 68.4 Å². The van der Waals surface area contributed by atoms with Gasteiger partial charge in [-0.05, 0) is 11.6 Å². The first-order valence-electron chi connectivity index (χ1n) is 8.92. The number of methoxy groups -OCH3 is 1. The van der Waals surface area contributed by atoms with Crippen molar-refractivity contribution in [2.24, 2.45) is 10.7 Å². The first kappa shape index (κ1) is 21.7. The monoisotopic (exact) mass is 441 g/mol. The van der Waals surface area contributed by atoms with Gasteiger partial charge in [-0.3, -0.25) is 9.79 Å². The van der Waals surface area contributed by atoms with Crippen LogP contribution in [0.2, 0.25) is 5.02 Å². The Kier molecular flexibility index (Phi) is 6.35. The van der Waals surface area contributed by atoms with E-state index in [1.54, 1.807) is 4.90 Å². The third-order valence-corrected chi connectivity index (χ3v) is 5.08. The number of aromatic nitrogens is 2. The number of H-pyrrole nitrogens is 1. The summed E-state index contributed by atoms with van der Waals surface area (Å²) >= 11 is 6.08. The minimum Gasteiger partial charge on any atom is -0.482 e. The molecule has 1 aliphatic heterocycles. The van der Waals surface area contributed by atoms with Gasteiger partial charge in [0.05, 0.1) is 43.2 Å². The maximum Gasteiger partial charge on any atom is 0.416 e. The van der Waals surface area contributed by atoms with Gasteiger partial charge in [0, 0.05) is 18.7 Å². The van der Waals surface area contributed by atoms with Crippen LogP contribution in [-0.4, -0.2) is 36.1 Å². The molecule has 0 atom stereocenters. The zero-order valence-electron chi connectivity index (χ0n) is 16.0. The summed E-state index contributed by atoms with van der Waals surface area (Å²) in [6, 6.07) is 5.30. The van der Waals surface area contributed by atoms with Crippen LogP contribution in [0.1, 0.15) is 17.5 Å². The van der Waals surface area contributed by atoms with E-state index in [1.807, 2.05) is 0 Å². The van der Waals surface area contributed by atoms with E-state index in [0.29, 0.717) is 29.9 Å². The number of rotatable bonds is 4. The molecule has 7 nitrogen and oxygen atoms in total. The average Bonchev–Trinajstić information content (AvgIpc) is 2.73. The number of nitrogens with one attached hydrogen (secondary N) is 1. The van der Waals surface area contributed by atoms with Gasteiger partial charge >= 0.3 is 6.18 Å². The van der Waals surface area contributed by atoms with Crippen molar-refractivity contribution >= 4 is 23.0 Å². The molecule has 160 valence electrons. The van der Waals surface area contributed by atoms with E-state index in [0.717, 1.165) is 6.07 Å². The maximum atomic E-state index is 13.2. The zero-order chi connectivity index (χ0) is 21.9. The Balaban J connectivity index is 1.90. The lowest BCUT2D eigenvalue weighted by molar-refractivity contribution is -0.138. The van der Waals surface area contributed by atoms with Gasteiger partial charge in [0.2, 0.25) is 0 Å². The molecule has 0 bridgehead atoms. The lowest BCUT2D eigenvalue weighted by atomic mass is 10.0. The van der Waals surface area contributed by atoms with Gasteiger partial charge in [-0.15, -0.1) is 0 Å². The molecule has 0 radical (unpaired) electrons. The van der Waals surface area contributed by atoms with Crippen molar-refractivity contribution in [2.75, 3.05) is 25.1 Å². The lowest BCUT2D eigenvalue weighted by Crippen LogP contribution is -2.38. The van der Waals surface area contributed by atoms with Crippen molar-refractivity contribution in [1.29, 1.82) is 0 Å². The molecule has 2 heterocycles. The highest BCUT2D eigenvalue weighted by Gasteiger charge is 2.33. The van der Waals surface area contributed by atoms with E-state index in [2.05, 4.69) is 15.2 Å². The highest BCUT2D eigenvalue weighted by molar-refractivity contribution is 6.33. The predicted octanol–water partition coefficient (Wildman–Crippen LogP) is 3.11. The molecule has 3 rings (SSSR count). The van der Waals surface area contributed by atoms with Gasteiger partial charge < -0.3 is 15.4 Å². The number of halogens is 4. The second-order valence-electron chi connectivity index (χ2n) is 6.53. The van der Waals surface area contributed by atoms with Gasteiger partial charge in [0.1, 0.15) is 5.02 Å². The molecular weight excluding hydrogens is 423 g/mol. The minimum atomic E-state index is -4.46. The van der Waals surface area contributed by atoms with Gasteiger partial charge in [-0.1, -0.05) is 29.8 Å². The Morgan fingerprint density at radius 1 is 1.40 bits per heavy atom. The lowest BCUT2D eigenvalue weighted by Gasteiger charge is -2.32. The predicted molar refractivity (Wildman–Crippen MR) is 108 cm³/mol. The number of benzene rings is 1. The van der Waals surface area contributed by atoms with Crippen molar-refractivity contribution in [3.63, 3.8) is 0 Å². The Bertz CT molecular complexity index is 1050. The summed E-state index contributed by atoms with van der Waals surface area (Å²) in [7, 11) is 1.39. The number of alkyl halides is 3.